The Morgan fingerprint density at radius 2 is 2.43 bits per heavy atom. The molecule has 70 valence electrons. The number of carboxylic acid groups (broad SMARTS) is 1. The second-order valence-corrected chi connectivity index (χ2v) is 3.62. The Morgan fingerprint density at radius 3 is 3.07 bits per heavy atom. The fraction of sp³-hybridized carbons (Fsp3) is 0.556. The van der Waals surface area contributed by atoms with Gasteiger partial charge in [-0.25, -0.2) is 4.98 Å². The van der Waals surface area contributed by atoms with E-state index in [0.717, 1.165) is 25.1 Å². The number of aryl methyl sites for hydroxylation is 1. The molecular formula is C9H11LiN2O2. The Hall–Kier alpha value is -0.723. The quantitative estimate of drug-likeness (QED) is 0.435. The smallest absolute Gasteiger partial charge is 0.542 e. The Kier molecular flexibility index (Phi) is 3.41. The zero-order valence-corrected chi connectivity index (χ0v) is 8.49. The van der Waals surface area contributed by atoms with Crippen LogP contribution in [0.2, 0.25) is 0 Å². The van der Waals surface area contributed by atoms with Crippen molar-refractivity contribution in [3.8, 4) is 0 Å². The van der Waals surface area contributed by atoms with E-state index in [-0.39, 0.29) is 24.7 Å². The number of carboxylic acids is 1. The van der Waals surface area contributed by atoms with Gasteiger partial charge in [-0.05, 0) is 18.8 Å². The van der Waals surface area contributed by atoms with E-state index < -0.39 is 5.97 Å². The van der Waals surface area contributed by atoms with Gasteiger partial charge in [0.1, 0.15) is 5.97 Å². The molecule has 1 unspecified atom stereocenters. The first-order valence-electron chi connectivity index (χ1n) is 4.44. The van der Waals surface area contributed by atoms with Crippen molar-refractivity contribution in [1.29, 1.82) is 0 Å². The van der Waals surface area contributed by atoms with E-state index >= 15 is 0 Å². The number of hydrogen-bond acceptors (Lipinski definition) is 3. The standard InChI is InChI=1S/C9H12N2O2.Li/c1-6-2-3-7-4-10-8(9(12)13)11(7)5-6;/h4,6H,2-3,5H2,1H3,(H,12,13);/q;+1/p-1. The van der Waals surface area contributed by atoms with Gasteiger partial charge in [-0.3, -0.25) is 0 Å². The fourth-order valence-corrected chi connectivity index (χ4v) is 1.77. The Balaban J connectivity index is 0.000000980. The Labute approximate surface area is 94.5 Å². The summed E-state index contributed by atoms with van der Waals surface area (Å²) in [6.07, 6.45) is 3.66. The molecule has 0 fully saturated rings. The number of carbonyl (C=O) groups excluding carboxylic acids is 1. The molecule has 0 amide bonds. The molecule has 14 heavy (non-hydrogen) atoms. The largest absolute Gasteiger partial charge is 1.00 e. The third-order valence-electron chi connectivity index (χ3n) is 2.51. The molecule has 0 saturated heterocycles. The van der Waals surface area contributed by atoms with Gasteiger partial charge in [-0.1, -0.05) is 6.92 Å². The van der Waals surface area contributed by atoms with Gasteiger partial charge >= 0.3 is 18.9 Å². The molecule has 0 N–H and O–H groups in total. The molecule has 1 aromatic heterocycles. The Bertz CT molecular complexity index is 349. The van der Waals surface area contributed by atoms with Crippen LogP contribution in [0.1, 0.15) is 29.7 Å². The van der Waals surface area contributed by atoms with Crippen LogP contribution in [-0.4, -0.2) is 15.5 Å². The van der Waals surface area contributed by atoms with Gasteiger partial charge in [0.05, 0.1) is 0 Å². The van der Waals surface area contributed by atoms with Gasteiger partial charge < -0.3 is 14.5 Å². The first-order valence-corrected chi connectivity index (χ1v) is 4.44. The summed E-state index contributed by atoms with van der Waals surface area (Å²) in [7, 11) is 0. The van der Waals surface area contributed by atoms with Crippen molar-refractivity contribution in [2.24, 2.45) is 5.92 Å². The zero-order valence-electron chi connectivity index (χ0n) is 8.49. The van der Waals surface area contributed by atoms with E-state index in [1.807, 2.05) is 0 Å². The van der Waals surface area contributed by atoms with Crippen LogP contribution in [0.15, 0.2) is 6.20 Å². The van der Waals surface area contributed by atoms with Gasteiger partial charge in [0, 0.05) is 18.4 Å². The minimum Gasteiger partial charge on any atom is -0.542 e. The minimum absolute atomic E-state index is 0. The van der Waals surface area contributed by atoms with Crippen LogP contribution in [0.4, 0.5) is 0 Å². The van der Waals surface area contributed by atoms with Gasteiger partial charge in [0.15, 0.2) is 5.82 Å². The van der Waals surface area contributed by atoms with Crippen LogP contribution in [0, 0.1) is 5.92 Å². The van der Waals surface area contributed by atoms with Crippen molar-refractivity contribution in [3.63, 3.8) is 0 Å². The SMILES string of the molecule is CC1CCc2cnc(C(=O)[O-])n2C1.[Li+]. The predicted octanol–water partition coefficient (Wildman–Crippen LogP) is -3.17. The maximum absolute atomic E-state index is 10.6. The monoisotopic (exact) mass is 186 g/mol. The second-order valence-electron chi connectivity index (χ2n) is 3.62. The summed E-state index contributed by atoms with van der Waals surface area (Å²) < 4.78 is 1.75. The van der Waals surface area contributed by atoms with Crippen LogP contribution in [-0.2, 0) is 13.0 Å². The zero-order chi connectivity index (χ0) is 9.42. The Morgan fingerprint density at radius 1 is 1.71 bits per heavy atom. The molecule has 4 nitrogen and oxygen atoms in total. The maximum Gasteiger partial charge on any atom is 1.00 e. The molecule has 0 spiro atoms. The van der Waals surface area contributed by atoms with Crippen molar-refractivity contribution in [2.75, 3.05) is 0 Å². The molecule has 5 heteroatoms. The maximum atomic E-state index is 10.6. The predicted molar refractivity (Wildman–Crippen MR) is 44.0 cm³/mol. The summed E-state index contributed by atoms with van der Waals surface area (Å²) in [5.41, 5.74) is 1.01. The summed E-state index contributed by atoms with van der Waals surface area (Å²) in [6.45, 7) is 2.86. The number of carbonyl (C=O) groups is 1. The summed E-state index contributed by atoms with van der Waals surface area (Å²) in [5.74, 6) is -0.582. The molecule has 2 rings (SSSR count). The summed E-state index contributed by atoms with van der Waals surface area (Å²) in [4.78, 5) is 14.5. The first kappa shape index (κ1) is 11.4. The van der Waals surface area contributed by atoms with E-state index in [1.165, 1.54) is 0 Å². The van der Waals surface area contributed by atoms with Crippen LogP contribution >= 0.6 is 0 Å². The van der Waals surface area contributed by atoms with Crippen molar-refractivity contribution >= 4 is 5.97 Å². The van der Waals surface area contributed by atoms with E-state index in [1.54, 1.807) is 10.8 Å². The molecular weight excluding hydrogens is 175 g/mol. The summed E-state index contributed by atoms with van der Waals surface area (Å²) in [6, 6.07) is 0. The molecule has 1 aliphatic rings. The summed E-state index contributed by atoms with van der Waals surface area (Å²) >= 11 is 0. The molecule has 1 aliphatic heterocycles. The average molecular weight is 186 g/mol. The van der Waals surface area contributed by atoms with E-state index in [4.69, 9.17) is 0 Å². The van der Waals surface area contributed by atoms with Gasteiger partial charge in [-0.2, -0.15) is 0 Å². The topological polar surface area (TPSA) is 57.9 Å². The van der Waals surface area contributed by atoms with Crippen LogP contribution in [0.3, 0.4) is 0 Å². The third kappa shape index (κ3) is 1.86. The number of nitrogens with zero attached hydrogens (tertiary/aromatic N) is 2. The number of aromatic carboxylic acids is 1. The van der Waals surface area contributed by atoms with Gasteiger partial charge in [-0.15, -0.1) is 0 Å². The molecule has 0 radical (unpaired) electrons. The van der Waals surface area contributed by atoms with Crippen LogP contribution in [0.25, 0.3) is 0 Å². The van der Waals surface area contributed by atoms with Crippen molar-refractivity contribution in [2.45, 2.75) is 26.3 Å². The normalized spacial score (nSPS) is 19.6. The number of hydrogen-bond donors (Lipinski definition) is 0. The first-order chi connectivity index (χ1) is 6.18. The fourth-order valence-electron chi connectivity index (χ4n) is 1.77. The minimum atomic E-state index is -1.18. The second kappa shape index (κ2) is 4.20. The van der Waals surface area contributed by atoms with Crippen LogP contribution < -0.4 is 24.0 Å². The molecule has 2 heterocycles. The van der Waals surface area contributed by atoms with Crippen molar-refractivity contribution < 1.29 is 28.8 Å². The molecule has 0 aliphatic carbocycles. The van der Waals surface area contributed by atoms with E-state index in [2.05, 4.69) is 11.9 Å². The molecule has 0 bridgehead atoms. The molecule has 1 aromatic rings. The van der Waals surface area contributed by atoms with Crippen molar-refractivity contribution in [1.82, 2.24) is 9.55 Å². The summed E-state index contributed by atoms with van der Waals surface area (Å²) in [5, 5.41) is 10.6. The molecule has 1 atom stereocenters. The van der Waals surface area contributed by atoms with Crippen molar-refractivity contribution in [3.05, 3.63) is 17.7 Å². The third-order valence-corrected chi connectivity index (χ3v) is 2.51. The molecule has 0 aromatic carbocycles. The van der Waals surface area contributed by atoms with Gasteiger partial charge in [0.2, 0.25) is 0 Å². The average Bonchev–Trinajstić information content (AvgIpc) is 2.46. The number of imidazole rings is 1. The van der Waals surface area contributed by atoms with Crippen LogP contribution in [0.5, 0.6) is 0 Å². The van der Waals surface area contributed by atoms with Gasteiger partial charge in [0.25, 0.3) is 0 Å². The van der Waals surface area contributed by atoms with E-state index in [0.29, 0.717) is 5.92 Å². The molecule has 0 saturated carbocycles. The van der Waals surface area contributed by atoms with E-state index in [9.17, 15) is 9.90 Å². The number of fused-ring (bicyclic) bond motifs is 1. The number of aromatic nitrogens is 2. The number of rotatable bonds is 1.